The fraction of sp³-hybridized carbons (Fsp3) is 0.250. The summed E-state index contributed by atoms with van der Waals surface area (Å²) < 4.78 is 19.4. The van der Waals surface area contributed by atoms with Crippen molar-refractivity contribution in [3.8, 4) is 11.1 Å². The molecule has 2 aromatic heterocycles. The van der Waals surface area contributed by atoms with E-state index in [0.29, 0.717) is 27.9 Å². The number of anilines is 1. The number of aryl methyl sites for hydroxylation is 1. The van der Waals surface area contributed by atoms with Gasteiger partial charge in [0.05, 0.1) is 16.3 Å². The molecule has 2 aromatic carbocycles. The van der Waals surface area contributed by atoms with Crippen LogP contribution in [0.3, 0.4) is 0 Å². The van der Waals surface area contributed by atoms with Gasteiger partial charge in [0.1, 0.15) is 17.3 Å². The molecule has 190 valence electrons. The number of amides is 1. The first-order chi connectivity index (χ1) is 18.0. The number of rotatable bonds is 7. The van der Waals surface area contributed by atoms with E-state index in [1.807, 2.05) is 12.1 Å². The van der Waals surface area contributed by atoms with Crippen LogP contribution in [0.4, 0.5) is 10.1 Å². The summed E-state index contributed by atoms with van der Waals surface area (Å²) in [6, 6.07) is 15.2. The molecule has 1 aliphatic heterocycles. The van der Waals surface area contributed by atoms with Crippen LogP contribution >= 0.6 is 35.2 Å². The molecule has 0 spiro atoms. The number of carbonyl (C=O) groups is 1. The van der Waals surface area contributed by atoms with Crippen LogP contribution in [-0.4, -0.2) is 33.9 Å². The minimum atomic E-state index is -0.384. The third kappa shape index (κ3) is 6.26. The smallest absolute Gasteiger partial charge is 0.275 e. The van der Waals surface area contributed by atoms with Crippen molar-refractivity contribution < 1.29 is 13.6 Å². The molecule has 37 heavy (non-hydrogen) atoms. The highest BCUT2D eigenvalue weighted by Gasteiger charge is 2.25. The molecule has 4 aromatic rings. The number of benzene rings is 2. The molecule has 1 amide bonds. The maximum Gasteiger partial charge on any atom is 0.275 e. The molecular weight excluding hydrogens is 529 g/mol. The first-order valence-corrected chi connectivity index (χ1v) is 13.8. The lowest BCUT2D eigenvalue weighted by Crippen LogP contribution is -2.37. The van der Waals surface area contributed by atoms with Gasteiger partial charge in [0.15, 0.2) is 0 Å². The second kappa shape index (κ2) is 11.5. The predicted octanol–water partition coefficient (Wildman–Crippen LogP) is 7.59. The number of nitrogens with one attached hydrogen (secondary N) is 1. The molecule has 1 fully saturated rings. The van der Waals surface area contributed by atoms with Crippen molar-refractivity contribution in [1.29, 1.82) is 0 Å². The Morgan fingerprint density at radius 1 is 1.19 bits per heavy atom. The SMILES string of the molecule is O=C(Nc1ccc(F)cc1-c1ccc(Cl)cc1)c1csc(C2CCN(C(=S)CCc3ccco3)CC2)n1. The molecule has 0 atom stereocenters. The summed E-state index contributed by atoms with van der Waals surface area (Å²) in [4.78, 5) is 20.9. The molecule has 1 aliphatic rings. The summed E-state index contributed by atoms with van der Waals surface area (Å²) in [5.41, 5.74) is 2.21. The molecule has 5 rings (SSSR count). The van der Waals surface area contributed by atoms with Crippen molar-refractivity contribution in [3.05, 3.63) is 93.5 Å². The lowest BCUT2D eigenvalue weighted by Gasteiger charge is -2.33. The molecule has 0 saturated carbocycles. The van der Waals surface area contributed by atoms with Gasteiger partial charge >= 0.3 is 0 Å². The summed E-state index contributed by atoms with van der Waals surface area (Å²) in [7, 11) is 0. The van der Waals surface area contributed by atoms with Crippen LogP contribution in [0.5, 0.6) is 0 Å². The first kappa shape index (κ1) is 25.6. The summed E-state index contributed by atoms with van der Waals surface area (Å²) in [5, 5.41) is 6.24. The monoisotopic (exact) mass is 553 g/mol. The Labute approximate surface area is 229 Å². The minimum Gasteiger partial charge on any atom is -0.469 e. The molecule has 0 bridgehead atoms. The number of nitrogens with zero attached hydrogens (tertiary/aromatic N) is 2. The summed E-state index contributed by atoms with van der Waals surface area (Å²) >= 11 is 13.2. The largest absolute Gasteiger partial charge is 0.469 e. The van der Waals surface area contributed by atoms with Crippen LogP contribution in [0.1, 0.15) is 46.4 Å². The molecule has 1 saturated heterocycles. The van der Waals surface area contributed by atoms with E-state index in [1.165, 1.54) is 23.5 Å². The predicted molar refractivity (Wildman–Crippen MR) is 150 cm³/mol. The number of carbonyl (C=O) groups excluding carboxylic acids is 1. The van der Waals surface area contributed by atoms with Crippen LogP contribution in [-0.2, 0) is 6.42 Å². The molecule has 3 heterocycles. The van der Waals surface area contributed by atoms with Gasteiger partial charge in [-0.25, -0.2) is 9.37 Å². The van der Waals surface area contributed by atoms with E-state index in [1.54, 1.807) is 42.0 Å². The third-order valence-electron chi connectivity index (χ3n) is 6.50. The van der Waals surface area contributed by atoms with E-state index in [0.717, 1.165) is 60.1 Å². The van der Waals surface area contributed by atoms with Gasteiger partial charge in [-0.3, -0.25) is 4.79 Å². The number of hydrogen-bond acceptors (Lipinski definition) is 5. The Morgan fingerprint density at radius 3 is 2.70 bits per heavy atom. The van der Waals surface area contributed by atoms with E-state index in [9.17, 15) is 9.18 Å². The molecule has 9 heteroatoms. The highest BCUT2D eigenvalue weighted by atomic mass is 35.5. The molecule has 1 N–H and O–H groups in total. The van der Waals surface area contributed by atoms with E-state index in [-0.39, 0.29) is 11.7 Å². The quantitative estimate of drug-likeness (QED) is 0.239. The van der Waals surface area contributed by atoms with Gasteiger partial charge in [-0.2, -0.15) is 0 Å². The maximum absolute atomic E-state index is 14.0. The molecule has 5 nitrogen and oxygen atoms in total. The Balaban J connectivity index is 1.20. The van der Waals surface area contributed by atoms with Crippen molar-refractivity contribution in [2.45, 2.75) is 31.6 Å². The van der Waals surface area contributed by atoms with Crippen molar-refractivity contribution in [1.82, 2.24) is 9.88 Å². The Hall–Kier alpha value is -3.07. The second-order valence-corrected chi connectivity index (χ2v) is 10.8. The van der Waals surface area contributed by atoms with Gasteiger partial charge in [-0.15, -0.1) is 11.3 Å². The maximum atomic E-state index is 14.0. The molecule has 0 radical (unpaired) electrons. The highest BCUT2D eigenvalue weighted by molar-refractivity contribution is 7.80. The van der Waals surface area contributed by atoms with E-state index < -0.39 is 0 Å². The summed E-state index contributed by atoms with van der Waals surface area (Å²) in [5.74, 6) is 0.546. The van der Waals surface area contributed by atoms with Crippen LogP contribution < -0.4 is 5.32 Å². The number of piperidine rings is 1. The molecule has 0 unspecified atom stereocenters. The summed E-state index contributed by atoms with van der Waals surface area (Å²) in [6.07, 6.45) is 5.17. The zero-order chi connectivity index (χ0) is 25.8. The highest BCUT2D eigenvalue weighted by Crippen LogP contribution is 2.33. The van der Waals surface area contributed by atoms with E-state index in [2.05, 4.69) is 15.2 Å². The fourth-order valence-electron chi connectivity index (χ4n) is 4.48. The van der Waals surface area contributed by atoms with E-state index in [4.69, 9.17) is 28.2 Å². The number of likely N-dealkylation sites (tertiary alicyclic amines) is 1. The first-order valence-electron chi connectivity index (χ1n) is 12.1. The van der Waals surface area contributed by atoms with Gasteiger partial charge in [-0.1, -0.05) is 36.0 Å². The fourth-order valence-corrected chi connectivity index (χ4v) is 5.86. The molecule has 0 aliphatic carbocycles. The Morgan fingerprint density at radius 2 is 1.97 bits per heavy atom. The number of hydrogen-bond donors (Lipinski definition) is 1. The van der Waals surface area contributed by atoms with Crippen molar-refractivity contribution in [2.75, 3.05) is 18.4 Å². The zero-order valence-electron chi connectivity index (χ0n) is 20.0. The second-order valence-electron chi connectivity index (χ2n) is 8.96. The Kier molecular flexibility index (Phi) is 7.98. The normalized spacial score (nSPS) is 14.1. The van der Waals surface area contributed by atoms with Gasteiger partial charge < -0.3 is 14.6 Å². The lowest BCUT2D eigenvalue weighted by atomic mass is 9.97. The van der Waals surface area contributed by atoms with Crippen LogP contribution in [0.2, 0.25) is 5.02 Å². The van der Waals surface area contributed by atoms with Gasteiger partial charge in [0, 0.05) is 53.5 Å². The van der Waals surface area contributed by atoms with E-state index >= 15 is 0 Å². The van der Waals surface area contributed by atoms with Crippen molar-refractivity contribution >= 4 is 51.7 Å². The van der Waals surface area contributed by atoms with Crippen LogP contribution in [0.25, 0.3) is 11.1 Å². The third-order valence-corrected chi connectivity index (χ3v) is 8.22. The van der Waals surface area contributed by atoms with Gasteiger partial charge in [0.25, 0.3) is 5.91 Å². The minimum absolute atomic E-state index is 0.297. The van der Waals surface area contributed by atoms with Crippen molar-refractivity contribution in [3.63, 3.8) is 0 Å². The average Bonchev–Trinajstić information content (AvgIpc) is 3.62. The lowest BCUT2D eigenvalue weighted by molar-refractivity contribution is 0.102. The number of furan rings is 1. The van der Waals surface area contributed by atoms with Crippen molar-refractivity contribution in [2.24, 2.45) is 0 Å². The summed E-state index contributed by atoms with van der Waals surface area (Å²) in [6.45, 7) is 1.76. The zero-order valence-corrected chi connectivity index (χ0v) is 22.3. The number of thiazole rings is 1. The topological polar surface area (TPSA) is 58.4 Å². The number of aromatic nitrogens is 1. The molecular formula is C28H25ClFN3O2S2. The number of thiocarbonyl (C=S) groups is 1. The van der Waals surface area contributed by atoms with Crippen LogP contribution in [0, 0.1) is 5.82 Å². The van der Waals surface area contributed by atoms with Gasteiger partial charge in [-0.05, 0) is 60.9 Å². The Bertz CT molecular complexity index is 1380. The van der Waals surface area contributed by atoms with Gasteiger partial charge in [0.2, 0.25) is 0 Å². The average molecular weight is 554 g/mol. The van der Waals surface area contributed by atoms with Crippen LogP contribution in [0.15, 0.2) is 70.7 Å². The number of halogens is 2. The standard InChI is InChI=1S/C28H25ClFN3O2S2/c29-20-5-3-18(4-6-20)23-16-21(30)7-9-24(23)31-27(34)25-17-37-28(32-25)19-11-13-33(14-12-19)26(36)10-8-22-2-1-15-35-22/h1-7,9,15-17,19H,8,10-14H2,(H,31,34).